The molecule has 0 saturated heterocycles. The van der Waals surface area contributed by atoms with E-state index in [0.29, 0.717) is 17.9 Å². The van der Waals surface area contributed by atoms with E-state index in [1.54, 1.807) is 36.3 Å². The Morgan fingerprint density at radius 1 is 1.59 bits per heavy atom. The molecule has 0 aliphatic carbocycles. The molecule has 0 aliphatic rings. The van der Waals surface area contributed by atoms with Gasteiger partial charge in [-0.05, 0) is 35.0 Å². The fraction of sp³-hybridized carbons (Fsp3) is 0.250. The molecule has 2 aromatic heterocycles. The Morgan fingerprint density at radius 3 is 2.88 bits per heavy atom. The number of carbonyl (C=O) groups is 1. The van der Waals surface area contributed by atoms with Gasteiger partial charge < -0.3 is 9.32 Å². The SMILES string of the molecule is Cc1occc1C(=O)N(C)Cc1cc(Br)cs1. The lowest BCUT2D eigenvalue weighted by molar-refractivity contribution is 0.0784. The molecule has 0 unspecified atom stereocenters. The molecular weight excluding hydrogens is 302 g/mol. The Morgan fingerprint density at radius 2 is 2.35 bits per heavy atom. The number of carbonyl (C=O) groups excluding carboxylic acids is 1. The number of aryl methyl sites for hydroxylation is 1. The second-order valence-corrected chi connectivity index (χ2v) is 5.69. The molecule has 0 bridgehead atoms. The van der Waals surface area contributed by atoms with Crippen LogP contribution in [0.3, 0.4) is 0 Å². The molecule has 0 aliphatic heterocycles. The first-order chi connectivity index (χ1) is 8.08. The highest BCUT2D eigenvalue weighted by Crippen LogP contribution is 2.21. The molecular formula is C12H12BrNO2S. The van der Waals surface area contributed by atoms with E-state index < -0.39 is 0 Å². The van der Waals surface area contributed by atoms with E-state index in [2.05, 4.69) is 15.9 Å². The van der Waals surface area contributed by atoms with E-state index in [1.165, 1.54) is 6.26 Å². The zero-order valence-electron chi connectivity index (χ0n) is 9.57. The van der Waals surface area contributed by atoms with Gasteiger partial charge in [-0.2, -0.15) is 0 Å². The van der Waals surface area contributed by atoms with Gasteiger partial charge in [0.25, 0.3) is 5.91 Å². The smallest absolute Gasteiger partial charge is 0.257 e. The molecule has 2 rings (SSSR count). The van der Waals surface area contributed by atoms with Crippen molar-refractivity contribution in [1.29, 1.82) is 0 Å². The highest BCUT2D eigenvalue weighted by atomic mass is 79.9. The molecule has 0 saturated carbocycles. The van der Waals surface area contributed by atoms with Gasteiger partial charge in [-0.15, -0.1) is 11.3 Å². The minimum atomic E-state index is -0.0132. The van der Waals surface area contributed by atoms with Gasteiger partial charge in [0.1, 0.15) is 5.76 Å². The second-order valence-electron chi connectivity index (χ2n) is 3.78. The number of amides is 1. The number of hydrogen-bond acceptors (Lipinski definition) is 3. The molecule has 0 N–H and O–H groups in total. The summed E-state index contributed by atoms with van der Waals surface area (Å²) in [5, 5.41) is 2.01. The highest BCUT2D eigenvalue weighted by Gasteiger charge is 2.16. The van der Waals surface area contributed by atoms with Crippen molar-refractivity contribution >= 4 is 33.2 Å². The molecule has 3 nitrogen and oxygen atoms in total. The standard InChI is InChI=1S/C12H12BrNO2S/c1-8-11(3-4-16-8)12(15)14(2)6-10-5-9(13)7-17-10/h3-5,7H,6H2,1-2H3. The summed E-state index contributed by atoms with van der Waals surface area (Å²) < 4.78 is 6.19. The van der Waals surface area contributed by atoms with Gasteiger partial charge >= 0.3 is 0 Å². The van der Waals surface area contributed by atoms with Gasteiger partial charge in [0.2, 0.25) is 0 Å². The first-order valence-corrected chi connectivity index (χ1v) is 6.77. The lowest BCUT2D eigenvalue weighted by atomic mass is 10.2. The van der Waals surface area contributed by atoms with Crippen LogP contribution in [0.5, 0.6) is 0 Å². The Labute approximate surface area is 112 Å². The zero-order valence-corrected chi connectivity index (χ0v) is 12.0. The van der Waals surface area contributed by atoms with Crippen molar-refractivity contribution in [1.82, 2.24) is 4.90 Å². The first kappa shape index (κ1) is 12.4. The van der Waals surface area contributed by atoms with Crippen molar-refractivity contribution in [3.8, 4) is 0 Å². The lowest BCUT2D eigenvalue weighted by Crippen LogP contribution is -2.25. The molecule has 1 amide bonds. The minimum Gasteiger partial charge on any atom is -0.469 e. The van der Waals surface area contributed by atoms with Gasteiger partial charge in [0.15, 0.2) is 0 Å². The number of nitrogens with zero attached hydrogens (tertiary/aromatic N) is 1. The third-order valence-electron chi connectivity index (χ3n) is 2.45. The van der Waals surface area contributed by atoms with Crippen LogP contribution >= 0.6 is 27.3 Å². The molecule has 2 heterocycles. The van der Waals surface area contributed by atoms with Crippen molar-refractivity contribution in [2.24, 2.45) is 0 Å². The second kappa shape index (κ2) is 5.06. The average Bonchev–Trinajstić information content (AvgIpc) is 2.86. The van der Waals surface area contributed by atoms with Crippen LogP contribution in [-0.2, 0) is 6.54 Å². The summed E-state index contributed by atoms with van der Waals surface area (Å²) in [5.74, 6) is 0.648. The predicted molar refractivity (Wildman–Crippen MR) is 71.3 cm³/mol. The summed E-state index contributed by atoms with van der Waals surface area (Å²) in [5.41, 5.74) is 0.628. The summed E-state index contributed by atoms with van der Waals surface area (Å²) in [7, 11) is 1.79. The summed E-state index contributed by atoms with van der Waals surface area (Å²) in [6, 6.07) is 3.73. The Kier molecular flexibility index (Phi) is 3.69. The first-order valence-electron chi connectivity index (χ1n) is 5.10. The van der Waals surface area contributed by atoms with Crippen LogP contribution in [0.1, 0.15) is 21.0 Å². The van der Waals surface area contributed by atoms with Crippen LogP contribution in [0.2, 0.25) is 0 Å². The summed E-state index contributed by atoms with van der Waals surface area (Å²) >= 11 is 5.03. The minimum absolute atomic E-state index is 0.0132. The quantitative estimate of drug-likeness (QED) is 0.866. The highest BCUT2D eigenvalue weighted by molar-refractivity contribution is 9.10. The largest absolute Gasteiger partial charge is 0.469 e. The number of rotatable bonds is 3. The van der Waals surface area contributed by atoms with E-state index in [4.69, 9.17) is 4.42 Å². The van der Waals surface area contributed by atoms with Crippen LogP contribution in [0, 0.1) is 6.92 Å². The van der Waals surface area contributed by atoms with Gasteiger partial charge in [0.05, 0.1) is 18.4 Å². The maximum atomic E-state index is 12.1. The van der Waals surface area contributed by atoms with Crippen molar-refractivity contribution in [3.05, 3.63) is 44.4 Å². The Bertz CT molecular complexity index is 532. The van der Waals surface area contributed by atoms with E-state index in [9.17, 15) is 4.79 Å². The van der Waals surface area contributed by atoms with E-state index in [0.717, 1.165) is 9.35 Å². The Hall–Kier alpha value is -1.07. The van der Waals surface area contributed by atoms with Crippen LogP contribution < -0.4 is 0 Å². The maximum absolute atomic E-state index is 12.1. The van der Waals surface area contributed by atoms with Gasteiger partial charge in [-0.25, -0.2) is 0 Å². The van der Waals surface area contributed by atoms with Crippen molar-refractivity contribution in [2.45, 2.75) is 13.5 Å². The average molecular weight is 314 g/mol. The Balaban J connectivity index is 2.08. The summed E-state index contributed by atoms with van der Waals surface area (Å²) in [6.07, 6.45) is 1.54. The zero-order chi connectivity index (χ0) is 12.4. The van der Waals surface area contributed by atoms with Crippen molar-refractivity contribution in [3.63, 3.8) is 0 Å². The monoisotopic (exact) mass is 313 g/mol. The molecule has 2 aromatic rings. The maximum Gasteiger partial charge on any atom is 0.257 e. The normalized spacial score (nSPS) is 10.5. The number of halogens is 1. The van der Waals surface area contributed by atoms with Gasteiger partial charge in [-0.3, -0.25) is 4.79 Å². The molecule has 0 aromatic carbocycles. The summed E-state index contributed by atoms with van der Waals surface area (Å²) in [6.45, 7) is 2.41. The van der Waals surface area contributed by atoms with Gasteiger partial charge in [-0.1, -0.05) is 0 Å². The molecule has 0 radical (unpaired) electrons. The van der Waals surface area contributed by atoms with Crippen LogP contribution in [0.15, 0.2) is 32.7 Å². The number of hydrogen-bond donors (Lipinski definition) is 0. The third-order valence-corrected chi connectivity index (χ3v) is 4.13. The fourth-order valence-corrected chi connectivity index (χ4v) is 3.06. The van der Waals surface area contributed by atoms with Crippen LogP contribution in [0.4, 0.5) is 0 Å². The van der Waals surface area contributed by atoms with Crippen molar-refractivity contribution in [2.75, 3.05) is 7.05 Å². The number of thiophene rings is 1. The fourth-order valence-electron chi connectivity index (χ4n) is 1.55. The summed E-state index contributed by atoms with van der Waals surface area (Å²) in [4.78, 5) is 14.9. The van der Waals surface area contributed by atoms with Crippen LogP contribution in [-0.4, -0.2) is 17.9 Å². The molecule has 0 fully saturated rings. The van der Waals surface area contributed by atoms with E-state index in [-0.39, 0.29) is 5.91 Å². The molecule has 0 spiro atoms. The topological polar surface area (TPSA) is 33.5 Å². The van der Waals surface area contributed by atoms with Crippen LogP contribution in [0.25, 0.3) is 0 Å². The molecule has 90 valence electrons. The third kappa shape index (κ3) is 2.79. The van der Waals surface area contributed by atoms with E-state index >= 15 is 0 Å². The van der Waals surface area contributed by atoms with E-state index in [1.807, 2.05) is 11.4 Å². The molecule has 0 atom stereocenters. The molecule has 17 heavy (non-hydrogen) atoms. The van der Waals surface area contributed by atoms with Crippen molar-refractivity contribution < 1.29 is 9.21 Å². The number of furan rings is 1. The predicted octanol–water partition coefficient (Wildman–Crippen LogP) is 3.68. The molecule has 5 heteroatoms. The lowest BCUT2D eigenvalue weighted by Gasteiger charge is -2.15. The van der Waals surface area contributed by atoms with Gasteiger partial charge in [0, 0.05) is 21.8 Å².